The zero-order valence-electron chi connectivity index (χ0n) is 16.8. The number of benzene rings is 1. The van der Waals surface area contributed by atoms with Crippen molar-refractivity contribution in [3.05, 3.63) is 42.0 Å². The van der Waals surface area contributed by atoms with Gasteiger partial charge in [-0.25, -0.2) is 0 Å². The molecule has 0 aromatic heterocycles. The Hall–Kier alpha value is -1.68. The monoisotopic (exact) mass is 352 g/mol. The fourth-order valence-corrected chi connectivity index (χ4v) is 3.63. The van der Waals surface area contributed by atoms with Gasteiger partial charge in [0.15, 0.2) is 0 Å². The number of allylic oxidation sites excluding steroid dienone is 2. The topological polar surface area (TPSA) is 9.23 Å². The molecule has 1 aliphatic rings. The number of hydrogen-bond donors (Lipinski definition) is 0. The van der Waals surface area contributed by atoms with Crippen LogP contribution in [0.1, 0.15) is 83.6 Å². The number of unbranched alkanes of at least 4 members (excludes halogenated alkanes) is 3. The van der Waals surface area contributed by atoms with Crippen molar-refractivity contribution in [3.63, 3.8) is 0 Å². The SMILES string of the molecule is CCCCC[C@H]1CC[C@H](C=CC#Cc2ccc(OCCCC)cc2)CC1. The molecular formula is C25H36O. The minimum atomic E-state index is 0.737. The van der Waals surface area contributed by atoms with Gasteiger partial charge in [0.25, 0.3) is 0 Å². The third-order valence-corrected chi connectivity index (χ3v) is 5.40. The van der Waals surface area contributed by atoms with Crippen LogP contribution in [0, 0.1) is 23.7 Å². The first-order chi connectivity index (χ1) is 12.8. The van der Waals surface area contributed by atoms with Gasteiger partial charge in [-0.1, -0.05) is 63.9 Å². The summed E-state index contributed by atoms with van der Waals surface area (Å²) in [6.07, 6.45) is 17.8. The molecule has 0 atom stereocenters. The van der Waals surface area contributed by atoms with E-state index in [1.54, 1.807) is 0 Å². The second-order valence-electron chi connectivity index (χ2n) is 7.63. The van der Waals surface area contributed by atoms with E-state index in [4.69, 9.17) is 4.74 Å². The zero-order chi connectivity index (χ0) is 18.5. The molecule has 0 saturated heterocycles. The van der Waals surface area contributed by atoms with Gasteiger partial charge in [-0.3, -0.25) is 0 Å². The Kier molecular flexibility index (Phi) is 10.0. The van der Waals surface area contributed by atoms with E-state index in [1.807, 2.05) is 24.3 Å². The summed E-state index contributed by atoms with van der Waals surface area (Å²) in [6, 6.07) is 8.12. The summed E-state index contributed by atoms with van der Waals surface area (Å²) in [5.74, 6) is 9.09. The normalized spacial score (nSPS) is 19.9. The van der Waals surface area contributed by atoms with Gasteiger partial charge in [-0.2, -0.15) is 0 Å². The lowest BCUT2D eigenvalue weighted by Gasteiger charge is -2.26. The van der Waals surface area contributed by atoms with Gasteiger partial charge in [-0.05, 0) is 74.3 Å². The Labute approximate surface area is 161 Å². The summed E-state index contributed by atoms with van der Waals surface area (Å²) < 4.78 is 5.68. The lowest BCUT2D eigenvalue weighted by atomic mass is 9.79. The third-order valence-electron chi connectivity index (χ3n) is 5.40. The smallest absolute Gasteiger partial charge is 0.119 e. The van der Waals surface area contributed by atoms with Crippen molar-refractivity contribution in [2.45, 2.75) is 78.1 Å². The van der Waals surface area contributed by atoms with Crippen LogP contribution >= 0.6 is 0 Å². The number of rotatable bonds is 9. The Morgan fingerprint density at radius 1 is 0.962 bits per heavy atom. The van der Waals surface area contributed by atoms with Crippen molar-refractivity contribution < 1.29 is 4.74 Å². The predicted octanol–water partition coefficient (Wildman–Crippen LogP) is 7.16. The van der Waals surface area contributed by atoms with Crippen molar-refractivity contribution >= 4 is 0 Å². The molecule has 0 spiro atoms. The van der Waals surface area contributed by atoms with Crippen molar-refractivity contribution in [1.82, 2.24) is 0 Å². The molecule has 0 N–H and O–H groups in total. The van der Waals surface area contributed by atoms with E-state index in [0.717, 1.165) is 42.6 Å². The van der Waals surface area contributed by atoms with Crippen LogP contribution in [-0.2, 0) is 0 Å². The fourth-order valence-electron chi connectivity index (χ4n) is 3.63. The maximum absolute atomic E-state index is 5.68. The van der Waals surface area contributed by atoms with Gasteiger partial charge in [0.05, 0.1) is 6.61 Å². The number of hydrogen-bond acceptors (Lipinski definition) is 1. The molecule has 0 amide bonds. The Bertz CT molecular complexity index is 564. The fraction of sp³-hybridized carbons (Fsp3) is 0.600. The van der Waals surface area contributed by atoms with Gasteiger partial charge in [0.2, 0.25) is 0 Å². The second kappa shape index (κ2) is 12.6. The molecule has 142 valence electrons. The van der Waals surface area contributed by atoms with Gasteiger partial charge in [-0.15, -0.1) is 0 Å². The highest BCUT2D eigenvalue weighted by Gasteiger charge is 2.18. The van der Waals surface area contributed by atoms with E-state index >= 15 is 0 Å². The highest BCUT2D eigenvalue weighted by Crippen LogP contribution is 2.32. The second-order valence-corrected chi connectivity index (χ2v) is 7.63. The molecule has 26 heavy (non-hydrogen) atoms. The molecule has 1 heteroatoms. The molecule has 2 rings (SSSR count). The lowest BCUT2D eigenvalue weighted by Crippen LogP contribution is -2.12. The van der Waals surface area contributed by atoms with Gasteiger partial charge in [0.1, 0.15) is 5.75 Å². The molecule has 0 heterocycles. The summed E-state index contributed by atoms with van der Waals surface area (Å²) in [5.41, 5.74) is 1.05. The highest BCUT2D eigenvalue weighted by atomic mass is 16.5. The van der Waals surface area contributed by atoms with E-state index in [-0.39, 0.29) is 0 Å². The first-order valence-electron chi connectivity index (χ1n) is 10.7. The van der Waals surface area contributed by atoms with Crippen LogP contribution in [0.5, 0.6) is 5.75 Å². The largest absolute Gasteiger partial charge is 0.494 e. The molecule has 0 unspecified atom stereocenters. The molecule has 1 aromatic carbocycles. The van der Waals surface area contributed by atoms with E-state index in [1.165, 1.54) is 51.4 Å². The van der Waals surface area contributed by atoms with Crippen molar-refractivity contribution in [2.75, 3.05) is 6.61 Å². The summed E-state index contributed by atoms with van der Waals surface area (Å²) >= 11 is 0. The number of ether oxygens (including phenoxy) is 1. The van der Waals surface area contributed by atoms with Crippen LogP contribution in [0.25, 0.3) is 0 Å². The molecule has 1 fully saturated rings. The Morgan fingerprint density at radius 2 is 1.69 bits per heavy atom. The van der Waals surface area contributed by atoms with E-state index in [9.17, 15) is 0 Å². The molecule has 0 radical (unpaired) electrons. The van der Waals surface area contributed by atoms with Crippen LogP contribution in [0.15, 0.2) is 36.4 Å². The quantitative estimate of drug-likeness (QED) is 0.338. The minimum absolute atomic E-state index is 0.737. The van der Waals surface area contributed by atoms with Crippen molar-refractivity contribution in [3.8, 4) is 17.6 Å². The van der Waals surface area contributed by atoms with Crippen molar-refractivity contribution in [2.24, 2.45) is 11.8 Å². The highest BCUT2D eigenvalue weighted by molar-refractivity contribution is 5.40. The van der Waals surface area contributed by atoms with Crippen molar-refractivity contribution in [1.29, 1.82) is 0 Å². The minimum Gasteiger partial charge on any atom is -0.494 e. The summed E-state index contributed by atoms with van der Waals surface area (Å²) in [7, 11) is 0. The zero-order valence-corrected chi connectivity index (χ0v) is 16.8. The Balaban J connectivity index is 1.69. The predicted molar refractivity (Wildman–Crippen MR) is 112 cm³/mol. The lowest BCUT2D eigenvalue weighted by molar-refractivity contribution is 0.289. The van der Waals surface area contributed by atoms with Crippen LogP contribution < -0.4 is 4.74 Å². The summed E-state index contributed by atoms with van der Waals surface area (Å²) in [6.45, 7) is 5.26. The van der Waals surface area contributed by atoms with E-state index in [0.29, 0.717) is 0 Å². The molecular weight excluding hydrogens is 316 g/mol. The molecule has 1 aliphatic carbocycles. The first-order valence-corrected chi connectivity index (χ1v) is 10.7. The van der Waals surface area contributed by atoms with Crippen LogP contribution in [0.4, 0.5) is 0 Å². The van der Waals surface area contributed by atoms with E-state index in [2.05, 4.69) is 37.8 Å². The maximum Gasteiger partial charge on any atom is 0.119 e. The van der Waals surface area contributed by atoms with Gasteiger partial charge >= 0.3 is 0 Å². The standard InChI is InChI=1S/C25H36O/c1-3-5-7-10-22-13-15-23(16-14-22)11-8-9-12-24-17-19-25(20-18-24)26-21-6-4-2/h8,11,17-20,22-23H,3-7,10,13-16,21H2,1-2H3/t22-,23-. The molecule has 1 nitrogen and oxygen atoms in total. The maximum atomic E-state index is 5.68. The molecule has 1 saturated carbocycles. The third kappa shape index (κ3) is 8.13. The summed E-state index contributed by atoms with van der Waals surface area (Å²) in [5, 5.41) is 0. The average Bonchev–Trinajstić information content (AvgIpc) is 2.68. The molecule has 0 aliphatic heterocycles. The average molecular weight is 353 g/mol. The van der Waals surface area contributed by atoms with Gasteiger partial charge in [0, 0.05) is 5.56 Å². The van der Waals surface area contributed by atoms with Crippen LogP contribution in [0.3, 0.4) is 0 Å². The van der Waals surface area contributed by atoms with Gasteiger partial charge < -0.3 is 4.74 Å². The molecule has 0 bridgehead atoms. The first kappa shape index (κ1) is 20.6. The molecule has 1 aromatic rings. The Morgan fingerprint density at radius 3 is 2.38 bits per heavy atom. The summed E-state index contributed by atoms with van der Waals surface area (Å²) in [4.78, 5) is 0. The van der Waals surface area contributed by atoms with E-state index < -0.39 is 0 Å². The van der Waals surface area contributed by atoms with Crippen LogP contribution in [-0.4, -0.2) is 6.61 Å². The van der Waals surface area contributed by atoms with Crippen LogP contribution in [0.2, 0.25) is 0 Å².